The zero-order chi connectivity index (χ0) is 13.2. The summed E-state index contributed by atoms with van der Waals surface area (Å²) in [5.41, 5.74) is 3.54. The molecule has 7 heteroatoms. The number of nitrogens with two attached hydrogens (primary N) is 1. The van der Waals surface area contributed by atoms with E-state index in [9.17, 15) is 0 Å². The van der Waals surface area contributed by atoms with Crippen LogP contribution >= 0.6 is 27.7 Å². The van der Waals surface area contributed by atoms with Crippen LogP contribution in [0, 0.1) is 0 Å². The van der Waals surface area contributed by atoms with Gasteiger partial charge in [-0.2, -0.15) is 0 Å². The minimum absolute atomic E-state index is 0.391. The third-order valence-corrected chi connectivity index (χ3v) is 4.34. The lowest BCUT2D eigenvalue weighted by Gasteiger charge is -2.03. The van der Waals surface area contributed by atoms with Gasteiger partial charge in [-0.1, -0.05) is 30.0 Å². The van der Waals surface area contributed by atoms with E-state index in [1.165, 1.54) is 17.1 Å². The van der Waals surface area contributed by atoms with E-state index in [-0.39, 0.29) is 0 Å². The first-order valence-corrected chi connectivity index (χ1v) is 7.12. The number of hydrazine groups is 1. The second-order valence-electron chi connectivity index (χ2n) is 3.81. The molecule has 0 atom stereocenters. The molecule has 0 saturated heterocycles. The lowest BCUT2D eigenvalue weighted by molar-refractivity contribution is 1.01. The van der Waals surface area contributed by atoms with Crippen molar-refractivity contribution in [3.8, 4) is 0 Å². The summed E-state index contributed by atoms with van der Waals surface area (Å²) in [5.74, 6) is 5.71. The average Bonchev–Trinajstić information content (AvgIpc) is 2.83. The molecule has 4 N–H and O–H groups in total. The molecule has 0 radical (unpaired) electrons. The second-order valence-corrected chi connectivity index (χ2v) is 5.70. The predicted octanol–water partition coefficient (Wildman–Crippen LogP) is 3.16. The van der Waals surface area contributed by atoms with Crippen LogP contribution in [0.5, 0.6) is 0 Å². The molecule has 3 rings (SSSR count). The summed E-state index contributed by atoms with van der Waals surface area (Å²) in [6, 6.07) is 10.2. The Bertz CT molecular complexity index is 694. The fourth-order valence-corrected chi connectivity index (χ4v) is 2.97. The van der Waals surface area contributed by atoms with Gasteiger partial charge in [-0.15, -0.1) is 0 Å². The summed E-state index contributed by atoms with van der Waals surface area (Å²) in [4.78, 5) is 11.7. The number of hydrogen-bond donors (Lipinski definition) is 3. The molecule has 19 heavy (non-hydrogen) atoms. The number of para-hydroxylation sites is 1. The highest BCUT2D eigenvalue weighted by molar-refractivity contribution is 9.10. The Kier molecular flexibility index (Phi) is 3.41. The molecule has 2 heterocycles. The van der Waals surface area contributed by atoms with Crippen molar-refractivity contribution in [2.45, 2.75) is 10.1 Å². The molecule has 3 aromatic rings. The average molecular weight is 336 g/mol. The maximum Gasteiger partial charge on any atom is 0.238 e. The summed E-state index contributed by atoms with van der Waals surface area (Å²) in [6.07, 6.45) is 1.67. The van der Waals surface area contributed by atoms with Gasteiger partial charge < -0.3 is 4.98 Å². The number of nitrogen functional groups attached to an aromatic ring is 1. The van der Waals surface area contributed by atoms with Gasteiger partial charge in [-0.3, -0.25) is 5.43 Å². The summed E-state index contributed by atoms with van der Waals surface area (Å²) in [6.45, 7) is 0. The van der Waals surface area contributed by atoms with Gasteiger partial charge >= 0.3 is 0 Å². The molecule has 0 amide bonds. The van der Waals surface area contributed by atoms with Gasteiger partial charge in [-0.25, -0.2) is 15.8 Å². The fourth-order valence-electron chi connectivity index (χ4n) is 1.70. The maximum atomic E-state index is 5.32. The van der Waals surface area contributed by atoms with Gasteiger partial charge in [0.25, 0.3) is 0 Å². The van der Waals surface area contributed by atoms with Crippen LogP contribution < -0.4 is 11.3 Å². The molecule has 0 saturated carbocycles. The number of rotatable bonds is 3. The minimum Gasteiger partial charge on any atom is -0.349 e. The first-order chi connectivity index (χ1) is 9.26. The number of fused-ring (bicyclic) bond motifs is 1. The van der Waals surface area contributed by atoms with E-state index in [1.807, 2.05) is 18.2 Å². The first kappa shape index (κ1) is 12.5. The molecule has 2 aromatic heterocycles. The molecule has 0 spiro atoms. The quantitative estimate of drug-likeness (QED) is 0.389. The molecular formula is C12H10BrN5S. The number of halogens is 1. The summed E-state index contributed by atoms with van der Waals surface area (Å²) in [7, 11) is 0. The highest BCUT2D eigenvalue weighted by Crippen LogP contribution is 2.33. The Morgan fingerprint density at radius 2 is 2.16 bits per heavy atom. The molecule has 0 aliphatic carbocycles. The van der Waals surface area contributed by atoms with Crippen molar-refractivity contribution in [1.82, 2.24) is 15.0 Å². The number of aromatic nitrogens is 3. The van der Waals surface area contributed by atoms with E-state index in [0.29, 0.717) is 5.95 Å². The highest BCUT2D eigenvalue weighted by Gasteiger charge is 2.08. The predicted molar refractivity (Wildman–Crippen MR) is 80.0 cm³/mol. The second kappa shape index (κ2) is 5.20. The standard InChI is InChI=1S/C12H10BrN5S/c13-8-6-15-12(18-14)17-11(8)19-10-5-7-3-1-2-4-9(7)16-10/h1-6,16H,14H2,(H,15,17,18). The Hall–Kier alpha value is -1.57. The van der Waals surface area contributed by atoms with Gasteiger partial charge in [0, 0.05) is 17.1 Å². The van der Waals surface area contributed by atoms with E-state index < -0.39 is 0 Å². The van der Waals surface area contributed by atoms with Gasteiger partial charge in [0.05, 0.1) is 9.50 Å². The third kappa shape index (κ3) is 2.58. The van der Waals surface area contributed by atoms with Gasteiger partial charge in [-0.05, 0) is 28.1 Å². The Labute approximate surface area is 122 Å². The van der Waals surface area contributed by atoms with Crippen molar-refractivity contribution >= 4 is 44.5 Å². The van der Waals surface area contributed by atoms with Crippen molar-refractivity contribution in [3.05, 3.63) is 41.0 Å². The van der Waals surface area contributed by atoms with Crippen LogP contribution in [0.15, 0.2) is 51.1 Å². The largest absolute Gasteiger partial charge is 0.349 e. The van der Waals surface area contributed by atoms with Crippen LogP contribution in [0.2, 0.25) is 0 Å². The lowest BCUT2D eigenvalue weighted by atomic mass is 10.3. The highest BCUT2D eigenvalue weighted by atomic mass is 79.9. The number of benzene rings is 1. The molecule has 96 valence electrons. The van der Waals surface area contributed by atoms with Crippen LogP contribution in [-0.4, -0.2) is 15.0 Å². The molecule has 0 fully saturated rings. The Balaban J connectivity index is 1.96. The lowest BCUT2D eigenvalue weighted by Crippen LogP contribution is -2.10. The zero-order valence-electron chi connectivity index (χ0n) is 9.72. The fraction of sp³-hybridized carbons (Fsp3) is 0. The van der Waals surface area contributed by atoms with Crippen LogP contribution in [-0.2, 0) is 0 Å². The van der Waals surface area contributed by atoms with E-state index in [4.69, 9.17) is 5.84 Å². The third-order valence-electron chi connectivity index (χ3n) is 2.55. The molecule has 0 aliphatic rings. The van der Waals surface area contributed by atoms with Crippen LogP contribution in [0.25, 0.3) is 10.9 Å². The van der Waals surface area contributed by atoms with Crippen LogP contribution in [0.3, 0.4) is 0 Å². The zero-order valence-corrected chi connectivity index (χ0v) is 12.1. The molecule has 1 aromatic carbocycles. The summed E-state index contributed by atoms with van der Waals surface area (Å²) >= 11 is 4.95. The van der Waals surface area contributed by atoms with Gasteiger partial charge in [0.2, 0.25) is 5.95 Å². The number of aromatic amines is 1. The van der Waals surface area contributed by atoms with E-state index in [0.717, 1.165) is 20.0 Å². The topological polar surface area (TPSA) is 79.6 Å². The van der Waals surface area contributed by atoms with E-state index >= 15 is 0 Å². The number of hydrogen-bond acceptors (Lipinski definition) is 5. The minimum atomic E-state index is 0.391. The molecule has 5 nitrogen and oxygen atoms in total. The van der Waals surface area contributed by atoms with Gasteiger partial charge in [0.15, 0.2) is 0 Å². The molecule has 0 bridgehead atoms. The maximum absolute atomic E-state index is 5.32. The number of nitrogens with one attached hydrogen (secondary N) is 2. The summed E-state index contributed by atoms with van der Waals surface area (Å²) < 4.78 is 0.829. The molecular weight excluding hydrogens is 326 g/mol. The number of anilines is 1. The van der Waals surface area contributed by atoms with E-state index in [2.05, 4.69) is 48.4 Å². The smallest absolute Gasteiger partial charge is 0.238 e. The Morgan fingerprint density at radius 3 is 2.95 bits per heavy atom. The van der Waals surface area contributed by atoms with E-state index in [1.54, 1.807) is 6.20 Å². The monoisotopic (exact) mass is 335 g/mol. The van der Waals surface area contributed by atoms with Crippen LogP contribution in [0.4, 0.5) is 5.95 Å². The first-order valence-electron chi connectivity index (χ1n) is 5.51. The van der Waals surface area contributed by atoms with Gasteiger partial charge in [0.1, 0.15) is 5.03 Å². The van der Waals surface area contributed by atoms with Crippen molar-refractivity contribution < 1.29 is 0 Å². The van der Waals surface area contributed by atoms with Crippen LogP contribution in [0.1, 0.15) is 0 Å². The summed E-state index contributed by atoms with van der Waals surface area (Å²) in [5, 5.41) is 2.99. The number of H-pyrrole nitrogens is 1. The normalized spacial score (nSPS) is 10.8. The Morgan fingerprint density at radius 1 is 1.32 bits per heavy atom. The van der Waals surface area contributed by atoms with Crippen molar-refractivity contribution in [3.63, 3.8) is 0 Å². The van der Waals surface area contributed by atoms with Crippen molar-refractivity contribution in [1.29, 1.82) is 0 Å². The number of nitrogens with zero attached hydrogens (tertiary/aromatic N) is 2. The molecule has 0 aliphatic heterocycles. The molecule has 0 unspecified atom stereocenters. The SMILES string of the molecule is NNc1ncc(Br)c(Sc2cc3ccccc3[nH]2)n1. The van der Waals surface area contributed by atoms with Crippen molar-refractivity contribution in [2.75, 3.05) is 5.43 Å². The van der Waals surface area contributed by atoms with Crippen molar-refractivity contribution in [2.24, 2.45) is 5.84 Å².